The van der Waals surface area contributed by atoms with Gasteiger partial charge in [0.1, 0.15) is 10.6 Å². The molecule has 0 saturated heterocycles. The molecule has 0 unspecified atom stereocenters. The average molecular weight is 445 g/mol. The number of ether oxygens (including phenoxy) is 1. The van der Waals surface area contributed by atoms with Crippen LogP contribution in [0.5, 0.6) is 5.75 Å². The number of sulfonamides is 1. The largest absolute Gasteiger partial charge is 0.492 e. The lowest BCUT2D eigenvalue weighted by Gasteiger charge is -2.16. The summed E-state index contributed by atoms with van der Waals surface area (Å²) in [4.78, 5) is 24.9. The van der Waals surface area contributed by atoms with E-state index in [-0.39, 0.29) is 35.2 Å². The predicted molar refractivity (Wildman–Crippen MR) is 119 cm³/mol. The van der Waals surface area contributed by atoms with Crippen LogP contribution in [0, 0.1) is 0 Å². The topological polar surface area (TPSA) is 92.8 Å². The van der Waals surface area contributed by atoms with Crippen molar-refractivity contribution in [2.75, 3.05) is 26.0 Å². The van der Waals surface area contributed by atoms with Gasteiger partial charge in [0, 0.05) is 38.2 Å². The summed E-state index contributed by atoms with van der Waals surface area (Å²) in [6.07, 6.45) is 3.26. The summed E-state index contributed by atoms with van der Waals surface area (Å²) in [6, 6.07) is 10.2. The Hall–Kier alpha value is -2.71. The second-order valence-corrected chi connectivity index (χ2v) is 9.81. The van der Waals surface area contributed by atoms with E-state index < -0.39 is 10.0 Å². The molecule has 0 aromatic heterocycles. The molecule has 3 rings (SSSR count). The van der Waals surface area contributed by atoms with E-state index in [1.165, 1.54) is 37.4 Å². The molecule has 0 spiro atoms. The van der Waals surface area contributed by atoms with Gasteiger partial charge in [-0.2, -0.15) is 0 Å². The van der Waals surface area contributed by atoms with Gasteiger partial charge in [0.15, 0.2) is 5.78 Å². The number of fused-ring (bicyclic) bond motifs is 1. The number of nitrogens with zero attached hydrogens (tertiary/aromatic N) is 1. The van der Waals surface area contributed by atoms with Crippen molar-refractivity contribution in [3.8, 4) is 5.75 Å². The van der Waals surface area contributed by atoms with Gasteiger partial charge in [-0.05, 0) is 61.6 Å². The minimum absolute atomic E-state index is 0.0128. The first-order valence-electron chi connectivity index (χ1n) is 10.4. The van der Waals surface area contributed by atoms with E-state index in [9.17, 15) is 18.0 Å². The first kappa shape index (κ1) is 23.0. The second-order valence-electron chi connectivity index (χ2n) is 7.69. The number of anilines is 1. The zero-order valence-corrected chi connectivity index (χ0v) is 18.9. The van der Waals surface area contributed by atoms with E-state index in [4.69, 9.17) is 4.74 Å². The SMILES string of the molecule is CCOc1ccc(NC(=O)CCC(=O)c2ccc3c(c2)CCC3)cc1S(=O)(=O)N(C)C. The number of carbonyl (C=O) groups is 2. The van der Waals surface area contributed by atoms with E-state index in [1.807, 2.05) is 18.2 Å². The monoisotopic (exact) mass is 444 g/mol. The number of Topliss-reactive ketones (excluding diaryl/α,β-unsaturated/α-hetero) is 1. The Labute approximate surface area is 183 Å². The molecular formula is C23H28N2O5S. The Kier molecular flexibility index (Phi) is 7.12. The lowest BCUT2D eigenvalue weighted by atomic mass is 10.0. The normalized spacial score (nSPS) is 13.2. The van der Waals surface area contributed by atoms with Crippen LogP contribution in [0.2, 0.25) is 0 Å². The zero-order valence-electron chi connectivity index (χ0n) is 18.1. The molecule has 31 heavy (non-hydrogen) atoms. The van der Waals surface area contributed by atoms with Crippen molar-refractivity contribution in [1.29, 1.82) is 0 Å². The third kappa shape index (κ3) is 5.32. The second kappa shape index (κ2) is 9.62. The van der Waals surface area contributed by atoms with Crippen LogP contribution >= 0.6 is 0 Å². The summed E-state index contributed by atoms with van der Waals surface area (Å²) >= 11 is 0. The Morgan fingerprint density at radius 2 is 1.77 bits per heavy atom. The maximum absolute atomic E-state index is 12.6. The molecule has 0 saturated carbocycles. The van der Waals surface area contributed by atoms with E-state index in [1.54, 1.807) is 13.0 Å². The fourth-order valence-electron chi connectivity index (χ4n) is 3.60. The fraction of sp³-hybridized carbons (Fsp3) is 0.391. The molecule has 0 bridgehead atoms. The number of carbonyl (C=O) groups excluding carboxylic acids is 2. The highest BCUT2D eigenvalue weighted by molar-refractivity contribution is 7.89. The predicted octanol–water partition coefficient (Wildman–Crippen LogP) is 3.43. The minimum atomic E-state index is -3.75. The van der Waals surface area contributed by atoms with Crippen molar-refractivity contribution >= 4 is 27.4 Å². The lowest BCUT2D eigenvalue weighted by molar-refractivity contribution is -0.116. The van der Waals surface area contributed by atoms with Crippen LogP contribution in [0.4, 0.5) is 5.69 Å². The highest BCUT2D eigenvalue weighted by Gasteiger charge is 2.23. The smallest absolute Gasteiger partial charge is 0.246 e. The molecule has 166 valence electrons. The summed E-state index contributed by atoms with van der Waals surface area (Å²) in [7, 11) is -0.889. The van der Waals surface area contributed by atoms with E-state index >= 15 is 0 Å². The standard InChI is InChI=1S/C23H28N2O5S/c1-4-30-21-12-10-19(15-22(21)31(28,29)25(2)3)24-23(27)13-11-20(26)18-9-8-16-6-5-7-17(16)14-18/h8-10,12,14-15H,4-7,11,13H2,1-3H3,(H,24,27). The van der Waals surface area contributed by atoms with Crippen LogP contribution in [0.3, 0.4) is 0 Å². The lowest BCUT2D eigenvalue weighted by Crippen LogP contribution is -2.23. The van der Waals surface area contributed by atoms with Gasteiger partial charge in [-0.15, -0.1) is 0 Å². The molecule has 0 aliphatic heterocycles. The molecule has 1 aliphatic carbocycles. The van der Waals surface area contributed by atoms with Crippen molar-refractivity contribution in [1.82, 2.24) is 4.31 Å². The molecular weight excluding hydrogens is 416 g/mol. The molecule has 1 N–H and O–H groups in total. The molecule has 1 amide bonds. The summed E-state index contributed by atoms with van der Waals surface area (Å²) < 4.78 is 31.7. The number of ketones is 1. The number of hydrogen-bond donors (Lipinski definition) is 1. The van der Waals surface area contributed by atoms with Crippen molar-refractivity contribution in [2.45, 2.75) is 43.9 Å². The summed E-state index contributed by atoms with van der Waals surface area (Å²) in [5, 5.41) is 2.68. The van der Waals surface area contributed by atoms with Crippen molar-refractivity contribution in [2.24, 2.45) is 0 Å². The van der Waals surface area contributed by atoms with Crippen LogP contribution in [-0.2, 0) is 27.7 Å². The summed E-state index contributed by atoms with van der Waals surface area (Å²) in [6.45, 7) is 2.08. The van der Waals surface area contributed by atoms with Gasteiger partial charge < -0.3 is 10.1 Å². The van der Waals surface area contributed by atoms with Gasteiger partial charge >= 0.3 is 0 Å². The molecule has 1 aliphatic rings. The van der Waals surface area contributed by atoms with Gasteiger partial charge in [0.25, 0.3) is 0 Å². The Balaban J connectivity index is 1.66. The molecule has 0 fully saturated rings. The molecule has 0 radical (unpaired) electrons. The van der Waals surface area contributed by atoms with Crippen LogP contribution in [0.25, 0.3) is 0 Å². The van der Waals surface area contributed by atoms with Gasteiger partial charge in [-0.25, -0.2) is 12.7 Å². The number of benzene rings is 2. The number of rotatable bonds is 9. The molecule has 8 heteroatoms. The maximum atomic E-state index is 12.6. The van der Waals surface area contributed by atoms with Crippen LogP contribution in [0.15, 0.2) is 41.3 Å². The number of nitrogens with one attached hydrogen (secondary N) is 1. The number of amides is 1. The Morgan fingerprint density at radius 3 is 2.48 bits per heavy atom. The molecule has 2 aromatic carbocycles. The van der Waals surface area contributed by atoms with Crippen molar-refractivity contribution in [3.05, 3.63) is 53.1 Å². The van der Waals surface area contributed by atoms with E-state index in [2.05, 4.69) is 5.32 Å². The number of hydrogen-bond acceptors (Lipinski definition) is 5. The highest BCUT2D eigenvalue weighted by Crippen LogP contribution is 2.29. The molecule has 0 heterocycles. The van der Waals surface area contributed by atoms with Gasteiger partial charge in [0.2, 0.25) is 15.9 Å². The molecule has 7 nitrogen and oxygen atoms in total. The Morgan fingerprint density at radius 1 is 1.03 bits per heavy atom. The average Bonchev–Trinajstić information content (AvgIpc) is 3.21. The first-order chi connectivity index (χ1) is 14.7. The third-order valence-electron chi connectivity index (χ3n) is 5.29. The summed E-state index contributed by atoms with van der Waals surface area (Å²) in [5.41, 5.74) is 3.49. The van der Waals surface area contributed by atoms with Crippen molar-refractivity contribution in [3.63, 3.8) is 0 Å². The van der Waals surface area contributed by atoms with Gasteiger partial charge in [0.05, 0.1) is 6.61 Å². The van der Waals surface area contributed by atoms with Crippen LogP contribution in [-0.4, -0.2) is 45.1 Å². The van der Waals surface area contributed by atoms with Crippen molar-refractivity contribution < 1.29 is 22.7 Å². The van der Waals surface area contributed by atoms with Gasteiger partial charge in [-0.3, -0.25) is 9.59 Å². The van der Waals surface area contributed by atoms with Crippen LogP contribution in [0.1, 0.15) is 47.7 Å². The Bertz CT molecular complexity index is 1090. The maximum Gasteiger partial charge on any atom is 0.246 e. The minimum Gasteiger partial charge on any atom is -0.492 e. The third-order valence-corrected chi connectivity index (χ3v) is 7.12. The first-order valence-corrected chi connectivity index (χ1v) is 11.8. The highest BCUT2D eigenvalue weighted by atomic mass is 32.2. The fourth-order valence-corrected chi connectivity index (χ4v) is 4.65. The van der Waals surface area contributed by atoms with Crippen LogP contribution < -0.4 is 10.1 Å². The van der Waals surface area contributed by atoms with E-state index in [0.717, 1.165) is 23.6 Å². The zero-order chi connectivity index (χ0) is 22.6. The van der Waals surface area contributed by atoms with E-state index in [0.29, 0.717) is 17.9 Å². The van der Waals surface area contributed by atoms with Gasteiger partial charge in [-0.1, -0.05) is 12.1 Å². The summed E-state index contributed by atoms with van der Waals surface area (Å²) in [5.74, 6) is -0.208. The molecule has 2 aromatic rings. The number of aryl methyl sites for hydroxylation is 2. The molecule has 0 atom stereocenters. The quantitative estimate of drug-likeness (QED) is 0.598.